The maximum Gasteiger partial charge on any atom is 0.220 e. The Hall–Kier alpha value is -0.710. The smallest absolute Gasteiger partial charge is 0.220 e. The Morgan fingerprint density at radius 2 is 2.64 bits per heavy atom. The van der Waals surface area contributed by atoms with Gasteiger partial charge in [0.1, 0.15) is 0 Å². The Labute approximate surface area is 69.4 Å². The van der Waals surface area contributed by atoms with Crippen LogP contribution in [0.2, 0.25) is 0 Å². The van der Waals surface area contributed by atoms with Gasteiger partial charge in [-0.1, -0.05) is 11.8 Å². The Balaban J connectivity index is 2.18. The number of amides is 1. The zero-order valence-electron chi connectivity index (χ0n) is 6.09. The minimum Gasteiger partial charge on any atom is -0.379 e. The zero-order chi connectivity index (χ0) is 8.27. The quantitative estimate of drug-likeness (QED) is 0.398. The molecule has 0 bridgehead atoms. The molecule has 0 aliphatic carbocycles. The maximum atomic E-state index is 10.7. The van der Waals surface area contributed by atoms with Crippen LogP contribution in [0.1, 0.15) is 6.42 Å². The van der Waals surface area contributed by atoms with Gasteiger partial charge in [-0.25, -0.2) is 0 Å². The highest BCUT2D eigenvalue weighted by Gasteiger charge is 2.21. The number of carbonyl (C=O) groups excluding carboxylic acids is 1. The molecule has 0 spiro atoms. The summed E-state index contributed by atoms with van der Waals surface area (Å²) in [4.78, 5) is 10.7. The summed E-state index contributed by atoms with van der Waals surface area (Å²) in [5.41, 5.74) is 5.15. The molecule has 1 aliphatic heterocycles. The molecule has 1 aliphatic rings. The van der Waals surface area contributed by atoms with Gasteiger partial charge in [-0.2, -0.15) is 0 Å². The van der Waals surface area contributed by atoms with Crippen molar-refractivity contribution in [3.05, 3.63) is 0 Å². The lowest BCUT2D eigenvalue weighted by Gasteiger charge is -2.03. The molecule has 0 saturated carbocycles. The van der Waals surface area contributed by atoms with E-state index in [9.17, 15) is 4.79 Å². The minimum absolute atomic E-state index is 0.110. The topological polar surface area (TPSA) is 79.0 Å². The van der Waals surface area contributed by atoms with Crippen LogP contribution in [0, 0.1) is 11.3 Å². The molecule has 5 heteroatoms. The summed E-state index contributed by atoms with van der Waals surface area (Å²) in [6.45, 7) is 0.735. The van der Waals surface area contributed by atoms with E-state index in [4.69, 9.17) is 11.1 Å². The van der Waals surface area contributed by atoms with E-state index in [1.807, 2.05) is 0 Å². The van der Waals surface area contributed by atoms with E-state index in [0.29, 0.717) is 12.3 Å². The normalized spacial score (nSPS) is 23.3. The van der Waals surface area contributed by atoms with Gasteiger partial charge in [0, 0.05) is 18.7 Å². The molecule has 62 valence electrons. The fraction of sp³-hybridized carbons (Fsp3) is 0.667. The van der Waals surface area contributed by atoms with Crippen molar-refractivity contribution < 1.29 is 4.79 Å². The first-order valence-electron chi connectivity index (χ1n) is 3.42. The summed E-state index contributed by atoms with van der Waals surface area (Å²) in [7, 11) is 0. The lowest BCUT2D eigenvalue weighted by atomic mass is 10.1. The van der Waals surface area contributed by atoms with Crippen molar-refractivity contribution in [2.24, 2.45) is 11.7 Å². The minimum atomic E-state index is 0.110. The van der Waals surface area contributed by atoms with Crippen LogP contribution in [-0.4, -0.2) is 23.4 Å². The van der Waals surface area contributed by atoms with Crippen molar-refractivity contribution >= 4 is 22.8 Å². The first-order chi connectivity index (χ1) is 5.18. The van der Waals surface area contributed by atoms with Gasteiger partial charge in [-0.05, 0) is 5.92 Å². The Bertz CT molecular complexity index is 183. The molecule has 1 rings (SSSR count). The third-order valence-electron chi connectivity index (χ3n) is 1.54. The van der Waals surface area contributed by atoms with Crippen molar-refractivity contribution in [3.63, 3.8) is 0 Å². The van der Waals surface area contributed by atoms with Crippen molar-refractivity contribution in [2.75, 3.05) is 12.3 Å². The second kappa shape index (κ2) is 3.61. The lowest BCUT2D eigenvalue weighted by molar-refractivity contribution is -0.119. The molecule has 0 aromatic rings. The average Bonchev–Trinajstić information content (AvgIpc) is 2.31. The highest BCUT2D eigenvalue weighted by molar-refractivity contribution is 8.13. The molecule has 4 N–H and O–H groups in total. The van der Waals surface area contributed by atoms with Crippen molar-refractivity contribution in [2.45, 2.75) is 6.42 Å². The van der Waals surface area contributed by atoms with Crippen LogP contribution in [0.25, 0.3) is 0 Å². The molecule has 1 amide bonds. The van der Waals surface area contributed by atoms with Crippen LogP contribution in [0.4, 0.5) is 0 Å². The van der Waals surface area contributed by atoms with Crippen molar-refractivity contribution in [1.29, 1.82) is 5.41 Å². The van der Waals surface area contributed by atoms with E-state index in [-0.39, 0.29) is 11.1 Å². The largest absolute Gasteiger partial charge is 0.379 e. The molecule has 1 heterocycles. The van der Waals surface area contributed by atoms with Crippen LogP contribution in [0.3, 0.4) is 0 Å². The van der Waals surface area contributed by atoms with Crippen LogP contribution in [-0.2, 0) is 4.79 Å². The highest BCUT2D eigenvalue weighted by atomic mass is 32.2. The van der Waals surface area contributed by atoms with E-state index in [2.05, 4.69) is 5.32 Å². The highest BCUT2D eigenvalue weighted by Crippen LogP contribution is 2.14. The van der Waals surface area contributed by atoms with Gasteiger partial charge < -0.3 is 11.1 Å². The lowest BCUT2D eigenvalue weighted by Crippen LogP contribution is -2.15. The standard InChI is InChI=1S/C6H11N3OS/c7-6(8)11-3-4-1-5(10)9-2-4/h4H,1-3H2,(H3,7,8)(H,9,10). The van der Waals surface area contributed by atoms with Crippen LogP contribution < -0.4 is 11.1 Å². The fourth-order valence-corrected chi connectivity index (χ4v) is 1.64. The Morgan fingerprint density at radius 1 is 1.91 bits per heavy atom. The van der Waals surface area contributed by atoms with Crippen LogP contribution in [0.15, 0.2) is 0 Å². The molecule has 1 unspecified atom stereocenters. The number of carbonyl (C=O) groups is 1. The molecule has 4 nitrogen and oxygen atoms in total. The summed E-state index contributed by atoms with van der Waals surface area (Å²) in [6.07, 6.45) is 0.584. The summed E-state index contributed by atoms with van der Waals surface area (Å²) in [5.74, 6) is 1.24. The van der Waals surface area contributed by atoms with Gasteiger partial charge in [-0.15, -0.1) is 0 Å². The fourth-order valence-electron chi connectivity index (χ4n) is 0.990. The molecule has 0 aromatic heterocycles. The van der Waals surface area contributed by atoms with Crippen LogP contribution in [0.5, 0.6) is 0 Å². The molecule has 1 fully saturated rings. The molecule has 0 aromatic carbocycles. The van der Waals surface area contributed by atoms with Gasteiger partial charge >= 0.3 is 0 Å². The van der Waals surface area contributed by atoms with Gasteiger partial charge in [0.25, 0.3) is 0 Å². The van der Waals surface area contributed by atoms with E-state index in [1.165, 1.54) is 11.8 Å². The number of nitrogens with two attached hydrogens (primary N) is 1. The van der Waals surface area contributed by atoms with Crippen molar-refractivity contribution in [1.82, 2.24) is 5.32 Å². The second-order valence-electron chi connectivity index (χ2n) is 2.55. The van der Waals surface area contributed by atoms with E-state index in [0.717, 1.165) is 12.3 Å². The summed E-state index contributed by atoms with van der Waals surface area (Å²) < 4.78 is 0. The second-order valence-corrected chi connectivity index (χ2v) is 3.61. The van der Waals surface area contributed by atoms with E-state index >= 15 is 0 Å². The Kier molecular flexibility index (Phi) is 2.76. The van der Waals surface area contributed by atoms with E-state index in [1.54, 1.807) is 0 Å². The van der Waals surface area contributed by atoms with Gasteiger partial charge in [0.15, 0.2) is 5.17 Å². The van der Waals surface area contributed by atoms with Gasteiger partial charge in [0.2, 0.25) is 5.91 Å². The Morgan fingerprint density at radius 3 is 3.09 bits per heavy atom. The molecule has 1 atom stereocenters. The maximum absolute atomic E-state index is 10.7. The molecular formula is C6H11N3OS. The number of nitrogens with one attached hydrogen (secondary N) is 2. The molecule has 11 heavy (non-hydrogen) atoms. The molecular weight excluding hydrogens is 162 g/mol. The summed E-state index contributed by atoms with van der Waals surface area (Å²) in [6, 6.07) is 0. The summed E-state index contributed by atoms with van der Waals surface area (Å²) >= 11 is 1.30. The summed E-state index contributed by atoms with van der Waals surface area (Å²) in [5, 5.41) is 9.80. The predicted octanol–water partition coefficient (Wildman–Crippen LogP) is -0.251. The van der Waals surface area contributed by atoms with Gasteiger partial charge in [0.05, 0.1) is 0 Å². The van der Waals surface area contributed by atoms with E-state index < -0.39 is 0 Å². The third-order valence-corrected chi connectivity index (χ3v) is 2.49. The number of hydrogen-bond donors (Lipinski definition) is 3. The monoisotopic (exact) mass is 173 g/mol. The predicted molar refractivity (Wildman–Crippen MR) is 45.5 cm³/mol. The number of rotatable bonds is 2. The SMILES string of the molecule is N=C(N)SCC1CNC(=O)C1. The number of thioether (sulfide) groups is 1. The number of hydrogen-bond acceptors (Lipinski definition) is 3. The first kappa shape index (κ1) is 8.39. The average molecular weight is 173 g/mol. The molecule has 1 saturated heterocycles. The number of amidine groups is 1. The van der Waals surface area contributed by atoms with Crippen LogP contribution >= 0.6 is 11.8 Å². The van der Waals surface area contributed by atoms with Gasteiger partial charge in [-0.3, -0.25) is 10.2 Å². The molecule has 0 radical (unpaired) electrons. The third kappa shape index (κ3) is 2.80. The van der Waals surface area contributed by atoms with Crippen molar-refractivity contribution in [3.8, 4) is 0 Å². The first-order valence-corrected chi connectivity index (χ1v) is 4.40. The zero-order valence-corrected chi connectivity index (χ0v) is 6.91.